The third kappa shape index (κ3) is 7.37. The van der Waals surface area contributed by atoms with E-state index in [4.69, 9.17) is 0 Å². The zero-order valence-corrected chi connectivity index (χ0v) is 20.4. The lowest BCUT2D eigenvalue weighted by molar-refractivity contribution is -0.185. The molecule has 2 fully saturated rings. The van der Waals surface area contributed by atoms with Crippen LogP contribution in [0.3, 0.4) is 0 Å². The number of piperidine rings is 1. The normalized spacial score (nSPS) is 18.4. The molecular formula is C26H31F6N5. The van der Waals surface area contributed by atoms with E-state index in [1.54, 1.807) is 18.6 Å². The topological polar surface area (TPSA) is 49.7 Å². The number of halogens is 6. The van der Waals surface area contributed by atoms with Crippen molar-refractivity contribution in [3.63, 3.8) is 0 Å². The molecule has 11 heteroatoms. The number of nitrogens with zero attached hydrogens (tertiary/aromatic N) is 4. The fourth-order valence-electron chi connectivity index (χ4n) is 5.04. The van der Waals surface area contributed by atoms with Gasteiger partial charge in [-0.2, -0.15) is 31.4 Å². The predicted molar refractivity (Wildman–Crippen MR) is 127 cm³/mol. The minimum Gasteiger partial charge on any atom is -0.346 e. The number of H-pyrrole nitrogens is 1. The average molecular weight is 528 g/mol. The van der Waals surface area contributed by atoms with Gasteiger partial charge in [-0.1, -0.05) is 25.3 Å². The van der Waals surface area contributed by atoms with Gasteiger partial charge in [0.1, 0.15) is 5.82 Å². The molecule has 3 aromatic rings. The summed E-state index contributed by atoms with van der Waals surface area (Å²) in [6.07, 6.45) is 2.94. The van der Waals surface area contributed by atoms with Gasteiger partial charge in [0.05, 0.1) is 17.2 Å². The Labute approximate surface area is 211 Å². The Bertz CT molecular complexity index is 1060. The Morgan fingerprint density at radius 1 is 0.892 bits per heavy atom. The summed E-state index contributed by atoms with van der Waals surface area (Å²) in [6, 6.07) is 6.74. The molecule has 3 aromatic heterocycles. The van der Waals surface area contributed by atoms with E-state index in [0.717, 1.165) is 55.6 Å². The molecule has 0 amide bonds. The van der Waals surface area contributed by atoms with Crippen LogP contribution in [0.1, 0.15) is 67.7 Å². The average Bonchev–Trinajstić information content (AvgIpc) is 3.54. The second-order valence-corrected chi connectivity index (χ2v) is 9.71. The van der Waals surface area contributed by atoms with Crippen LogP contribution in [0, 0.1) is 5.92 Å². The number of aromatic amines is 1. The van der Waals surface area contributed by atoms with Crippen molar-refractivity contribution in [2.45, 2.75) is 69.8 Å². The van der Waals surface area contributed by atoms with E-state index >= 15 is 0 Å². The molecule has 1 N–H and O–H groups in total. The number of hydrogen-bond donors (Lipinski definition) is 1. The maximum atomic E-state index is 13.0. The minimum atomic E-state index is -4.44. The number of aromatic nitrogens is 4. The Morgan fingerprint density at radius 3 is 2.08 bits per heavy atom. The molecule has 0 atom stereocenters. The zero-order valence-electron chi connectivity index (χ0n) is 20.4. The predicted octanol–water partition coefficient (Wildman–Crippen LogP) is 7.12. The quantitative estimate of drug-likeness (QED) is 0.368. The van der Waals surface area contributed by atoms with Crippen LogP contribution in [0.5, 0.6) is 0 Å². The summed E-state index contributed by atoms with van der Waals surface area (Å²) in [5.74, 6) is -0.801. The highest BCUT2D eigenvalue weighted by atomic mass is 19.4. The number of likely N-dealkylation sites (tertiary alicyclic amines) is 1. The summed E-state index contributed by atoms with van der Waals surface area (Å²) in [6.45, 7) is 1.16. The molecule has 1 aliphatic heterocycles. The Hall–Kier alpha value is -2.82. The van der Waals surface area contributed by atoms with Gasteiger partial charge < -0.3 is 4.98 Å². The van der Waals surface area contributed by atoms with Crippen LogP contribution < -0.4 is 0 Å². The van der Waals surface area contributed by atoms with E-state index in [2.05, 4.69) is 15.1 Å². The van der Waals surface area contributed by atoms with Crippen molar-refractivity contribution in [1.82, 2.24) is 24.6 Å². The van der Waals surface area contributed by atoms with Crippen molar-refractivity contribution < 1.29 is 26.3 Å². The van der Waals surface area contributed by atoms with Crippen LogP contribution >= 0.6 is 0 Å². The van der Waals surface area contributed by atoms with Crippen LogP contribution in [-0.4, -0.2) is 43.9 Å². The van der Waals surface area contributed by atoms with Gasteiger partial charge in [0.2, 0.25) is 0 Å². The third-order valence-corrected chi connectivity index (χ3v) is 7.07. The van der Waals surface area contributed by atoms with Gasteiger partial charge in [-0.05, 0) is 57.0 Å². The zero-order chi connectivity index (χ0) is 26.5. The van der Waals surface area contributed by atoms with E-state index in [-0.39, 0.29) is 24.6 Å². The van der Waals surface area contributed by atoms with Crippen LogP contribution in [0.25, 0.3) is 5.82 Å². The highest BCUT2D eigenvalue weighted by Gasteiger charge is 2.41. The van der Waals surface area contributed by atoms with Crippen LogP contribution in [0.2, 0.25) is 0 Å². The maximum Gasteiger partial charge on any atom is 0.417 e. The molecular weight excluding hydrogens is 496 g/mol. The summed E-state index contributed by atoms with van der Waals surface area (Å²) in [5, 5.41) is 4.63. The molecule has 4 heterocycles. The summed E-state index contributed by atoms with van der Waals surface area (Å²) >= 11 is 0. The first-order chi connectivity index (χ1) is 17.6. The molecule has 1 saturated carbocycles. The Kier molecular flexibility index (Phi) is 8.61. The van der Waals surface area contributed by atoms with Crippen molar-refractivity contribution in [3.8, 4) is 5.82 Å². The maximum absolute atomic E-state index is 13.0. The van der Waals surface area contributed by atoms with Gasteiger partial charge in [0, 0.05) is 42.8 Å². The lowest BCUT2D eigenvalue weighted by Crippen LogP contribution is -2.38. The lowest BCUT2D eigenvalue weighted by Gasteiger charge is -2.33. The summed E-state index contributed by atoms with van der Waals surface area (Å²) < 4.78 is 79.3. The molecule has 0 bridgehead atoms. The number of pyridine rings is 1. The van der Waals surface area contributed by atoms with Crippen molar-refractivity contribution in [3.05, 3.63) is 65.9 Å². The minimum absolute atomic E-state index is 0.0714. The van der Waals surface area contributed by atoms with E-state index in [0.29, 0.717) is 19.6 Å². The standard InChI is InChI=1S/C21H26F6N4.C5H5N/c22-20(23,24)16-6-8-30(9-7-16)12-15-13-31(18-10-17(11-28-18)21(25,26)27)29-19(15)14-4-2-1-3-5-14;1-2-4-6-5-3-1/h10-11,13-14,16,28H,1-9,12H2;1-5H. The molecule has 0 aromatic carbocycles. The Morgan fingerprint density at radius 2 is 1.57 bits per heavy atom. The molecule has 2 aliphatic rings. The molecule has 0 radical (unpaired) electrons. The van der Waals surface area contributed by atoms with Crippen LogP contribution in [-0.2, 0) is 12.7 Å². The second kappa shape index (κ2) is 11.7. The second-order valence-electron chi connectivity index (χ2n) is 9.71. The van der Waals surface area contributed by atoms with Gasteiger partial charge >= 0.3 is 12.4 Å². The Balaban J connectivity index is 0.000000469. The molecule has 202 valence electrons. The summed E-state index contributed by atoms with van der Waals surface area (Å²) in [4.78, 5) is 8.42. The number of nitrogens with one attached hydrogen (secondary N) is 1. The molecule has 1 saturated heterocycles. The van der Waals surface area contributed by atoms with E-state index in [1.165, 1.54) is 4.68 Å². The number of hydrogen-bond acceptors (Lipinski definition) is 3. The monoisotopic (exact) mass is 527 g/mol. The fraction of sp³-hybridized carbons (Fsp3) is 0.538. The number of rotatable bonds is 4. The molecule has 37 heavy (non-hydrogen) atoms. The van der Waals surface area contributed by atoms with Crippen molar-refractivity contribution in [2.24, 2.45) is 5.92 Å². The molecule has 0 spiro atoms. The molecule has 5 nitrogen and oxygen atoms in total. The fourth-order valence-corrected chi connectivity index (χ4v) is 5.04. The van der Waals surface area contributed by atoms with Crippen molar-refractivity contribution in [1.29, 1.82) is 0 Å². The highest BCUT2D eigenvalue weighted by Crippen LogP contribution is 2.37. The van der Waals surface area contributed by atoms with E-state index in [9.17, 15) is 26.3 Å². The van der Waals surface area contributed by atoms with Crippen molar-refractivity contribution in [2.75, 3.05) is 13.1 Å². The molecule has 1 aliphatic carbocycles. The number of alkyl halides is 6. The lowest BCUT2D eigenvalue weighted by atomic mass is 9.85. The smallest absolute Gasteiger partial charge is 0.346 e. The molecule has 0 unspecified atom stereocenters. The largest absolute Gasteiger partial charge is 0.417 e. The summed E-state index contributed by atoms with van der Waals surface area (Å²) in [7, 11) is 0. The van der Waals surface area contributed by atoms with Gasteiger partial charge in [-0.3, -0.25) is 9.88 Å². The first-order valence-electron chi connectivity index (χ1n) is 12.6. The van der Waals surface area contributed by atoms with Gasteiger partial charge in [0.15, 0.2) is 0 Å². The van der Waals surface area contributed by atoms with E-state index < -0.39 is 23.8 Å². The van der Waals surface area contributed by atoms with Crippen molar-refractivity contribution >= 4 is 0 Å². The summed E-state index contributed by atoms with van der Waals surface area (Å²) in [5.41, 5.74) is 0.981. The molecule has 5 rings (SSSR count). The van der Waals surface area contributed by atoms with Crippen LogP contribution in [0.4, 0.5) is 26.3 Å². The van der Waals surface area contributed by atoms with E-state index in [1.807, 2.05) is 23.1 Å². The van der Waals surface area contributed by atoms with Crippen LogP contribution in [0.15, 0.2) is 49.1 Å². The van der Waals surface area contributed by atoms with Gasteiger partial charge in [0.25, 0.3) is 0 Å². The van der Waals surface area contributed by atoms with Gasteiger partial charge in [-0.15, -0.1) is 0 Å². The first kappa shape index (κ1) is 27.2. The SMILES string of the molecule is FC(F)(F)c1c[nH]c(-n2cc(CN3CCC(C(F)(F)F)CC3)c(C3CCCCC3)n2)c1.c1ccncc1. The third-order valence-electron chi connectivity index (χ3n) is 7.07. The first-order valence-corrected chi connectivity index (χ1v) is 12.6. The van der Waals surface area contributed by atoms with Gasteiger partial charge in [-0.25, -0.2) is 4.68 Å². The highest BCUT2D eigenvalue weighted by molar-refractivity contribution is 5.33.